The molecule has 6 amide bonds. The highest BCUT2D eigenvalue weighted by Gasteiger charge is 2.38. The highest BCUT2D eigenvalue weighted by atomic mass is 16.5. The summed E-state index contributed by atoms with van der Waals surface area (Å²) in [6.45, 7) is 20.2. The lowest BCUT2D eigenvalue weighted by molar-refractivity contribution is -0.137. The Bertz CT molecular complexity index is 4320. The largest absolute Gasteiger partial charge is 0.493 e. The number of aryl methyl sites for hydroxylation is 3. The molecule has 0 spiro atoms. The van der Waals surface area contributed by atoms with E-state index in [4.69, 9.17) is 53.6 Å². The van der Waals surface area contributed by atoms with Crippen LogP contribution in [0.1, 0.15) is 119 Å². The number of aromatic nitrogens is 6. The second-order valence-corrected chi connectivity index (χ2v) is 24.8. The number of urea groups is 3. The van der Waals surface area contributed by atoms with Crippen molar-refractivity contribution < 1.29 is 67.1 Å². The quantitative estimate of drug-likeness (QED) is 0.0260. The monoisotopic (exact) mass is 1440 g/mol. The smallest absolute Gasteiger partial charge is 0.337 e. The predicted octanol–water partition coefficient (Wildman–Crippen LogP) is 13.4. The standard InChI is InChI=1S/3C26H28N4O4.C2H4O2/c3*1-5-13-34-21-12-11-18(14-16(21)2)23-20(15-30(29-23)19-9-7-6-8-10-19)24-22(25(31)33-4)17(3)27-26(32)28-24;1-2(3)4/h3*6-12,14-15,24H,5,13H2,1-4H3,(H2,27,28,32);1H3,(H,3,4). The third kappa shape index (κ3) is 18.5. The molecular weight excluding hydrogens is 1350 g/mol. The van der Waals surface area contributed by atoms with E-state index in [1.54, 1.807) is 34.8 Å². The van der Waals surface area contributed by atoms with Gasteiger partial charge in [-0.05, 0) is 168 Å². The van der Waals surface area contributed by atoms with E-state index in [-0.39, 0.29) is 0 Å². The predicted molar refractivity (Wildman–Crippen MR) is 399 cm³/mol. The van der Waals surface area contributed by atoms with Crippen LogP contribution in [0.3, 0.4) is 0 Å². The van der Waals surface area contributed by atoms with E-state index in [0.717, 1.165) is 93.9 Å². The van der Waals surface area contributed by atoms with Gasteiger partial charge in [-0.2, -0.15) is 15.3 Å². The SMILES string of the molecule is CC(=O)O.CCCOc1ccc(-c2nn(-c3ccccc3)cc2C2NC(=O)NC(C)=C2C(=O)OC)cc1C.CCCOc1ccc(-c2nn(-c3ccccc3)cc2C2NC(=O)NC(C)=C2C(=O)OC)cc1C.CCCOc1ccc(-c2nn(-c3ccccc3)cc2C2NC(=O)NC(C)=C2C(=O)OC)cc1C. The molecular formula is C80H88N12O14. The number of benzene rings is 6. The molecule has 0 radical (unpaired) electrons. The number of methoxy groups -OCH3 is 3. The van der Waals surface area contributed by atoms with Crippen LogP contribution in [0.5, 0.6) is 17.2 Å². The third-order valence-electron chi connectivity index (χ3n) is 17.0. The van der Waals surface area contributed by atoms with Gasteiger partial charge in [0.15, 0.2) is 0 Å². The topological polar surface area (TPSA) is 321 Å². The Morgan fingerprint density at radius 3 is 0.868 bits per heavy atom. The molecule has 6 aromatic carbocycles. The van der Waals surface area contributed by atoms with Crippen LogP contribution < -0.4 is 46.1 Å². The number of carbonyl (C=O) groups excluding carboxylic acids is 6. The molecule has 3 aromatic heterocycles. The fourth-order valence-corrected chi connectivity index (χ4v) is 12.0. The van der Waals surface area contributed by atoms with Gasteiger partial charge in [0.25, 0.3) is 5.97 Å². The number of nitrogens with zero attached hydrogens (tertiary/aromatic N) is 6. The normalized spacial score (nSPS) is 15.2. The number of para-hydroxylation sites is 3. The molecule has 0 bridgehead atoms. The van der Waals surface area contributed by atoms with Gasteiger partial charge < -0.3 is 65.4 Å². The molecule has 9 aromatic rings. The maximum absolute atomic E-state index is 12.7. The zero-order chi connectivity index (χ0) is 76.3. The summed E-state index contributed by atoms with van der Waals surface area (Å²) >= 11 is 0. The first-order valence-corrected chi connectivity index (χ1v) is 34.5. The van der Waals surface area contributed by atoms with Crippen molar-refractivity contribution in [1.29, 1.82) is 0 Å². The van der Waals surface area contributed by atoms with Gasteiger partial charge in [0, 0.05) is 76.0 Å². The summed E-state index contributed by atoms with van der Waals surface area (Å²) in [6, 6.07) is 43.2. The van der Waals surface area contributed by atoms with Crippen molar-refractivity contribution >= 4 is 42.0 Å². The molecule has 3 atom stereocenters. The van der Waals surface area contributed by atoms with Crippen molar-refractivity contribution in [3.8, 4) is 68.1 Å². The van der Waals surface area contributed by atoms with E-state index in [0.29, 0.717) is 87.4 Å². The number of aliphatic carboxylic acids is 1. The van der Waals surface area contributed by atoms with Crippen LogP contribution >= 0.6 is 0 Å². The average molecular weight is 1440 g/mol. The lowest BCUT2D eigenvalue weighted by Crippen LogP contribution is -2.45. The number of carboxylic acids is 1. The van der Waals surface area contributed by atoms with Crippen molar-refractivity contribution in [2.45, 2.75) is 107 Å². The lowest BCUT2D eigenvalue weighted by Gasteiger charge is -2.27. The van der Waals surface area contributed by atoms with Gasteiger partial charge in [0.05, 0.1) is 110 Å². The van der Waals surface area contributed by atoms with Crippen molar-refractivity contribution in [1.82, 2.24) is 61.2 Å². The Morgan fingerprint density at radius 2 is 0.651 bits per heavy atom. The first kappa shape index (κ1) is 77.4. The van der Waals surface area contributed by atoms with E-state index < -0.39 is 60.1 Å². The van der Waals surface area contributed by atoms with Crippen molar-refractivity contribution in [3.63, 3.8) is 0 Å². The Kier molecular flexibility index (Phi) is 26.2. The first-order valence-electron chi connectivity index (χ1n) is 34.5. The molecule has 26 heteroatoms. The van der Waals surface area contributed by atoms with Gasteiger partial charge >= 0.3 is 36.0 Å². The zero-order valence-electron chi connectivity index (χ0n) is 61.5. The molecule has 3 unspecified atom stereocenters. The molecule has 3 aliphatic heterocycles. The van der Waals surface area contributed by atoms with Gasteiger partial charge in [0.1, 0.15) is 17.2 Å². The summed E-state index contributed by atoms with van der Waals surface area (Å²) in [5.74, 6) is 0.0520. The summed E-state index contributed by atoms with van der Waals surface area (Å²) in [4.78, 5) is 84.2. The summed E-state index contributed by atoms with van der Waals surface area (Å²) in [5, 5.41) is 38.6. The fourth-order valence-electron chi connectivity index (χ4n) is 12.0. The van der Waals surface area contributed by atoms with Crippen molar-refractivity contribution in [2.24, 2.45) is 0 Å². The van der Waals surface area contributed by atoms with E-state index in [1.807, 2.05) is 185 Å². The molecule has 3 aliphatic rings. The highest BCUT2D eigenvalue weighted by molar-refractivity contribution is 5.97. The van der Waals surface area contributed by atoms with Gasteiger partial charge in [-0.1, -0.05) is 75.4 Å². The van der Waals surface area contributed by atoms with E-state index in [2.05, 4.69) is 52.7 Å². The molecule has 6 heterocycles. The second kappa shape index (κ2) is 35.9. The zero-order valence-corrected chi connectivity index (χ0v) is 61.5. The average Bonchev–Trinajstić information content (AvgIpc) is 1.59. The maximum Gasteiger partial charge on any atom is 0.337 e. The molecule has 0 aliphatic carbocycles. The molecule has 552 valence electrons. The Morgan fingerprint density at radius 1 is 0.406 bits per heavy atom. The van der Waals surface area contributed by atoms with E-state index in [9.17, 15) is 28.8 Å². The van der Waals surface area contributed by atoms with Crippen LogP contribution in [-0.4, -0.2) is 118 Å². The van der Waals surface area contributed by atoms with Gasteiger partial charge in [-0.25, -0.2) is 42.8 Å². The number of ether oxygens (including phenoxy) is 6. The number of rotatable bonds is 21. The lowest BCUT2D eigenvalue weighted by atomic mass is 9.93. The number of carboxylic acid groups (broad SMARTS) is 1. The van der Waals surface area contributed by atoms with E-state index >= 15 is 0 Å². The number of hydrogen-bond donors (Lipinski definition) is 7. The van der Waals surface area contributed by atoms with Gasteiger partial charge in [0.2, 0.25) is 0 Å². The molecule has 0 saturated carbocycles. The molecule has 0 fully saturated rings. The molecule has 26 nitrogen and oxygen atoms in total. The van der Waals surface area contributed by atoms with Crippen LogP contribution in [0.25, 0.3) is 50.8 Å². The highest BCUT2D eigenvalue weighted by Crippen LogP contribution is 2.40. The second-order valence-electron chi connectivity index (χ2n) is 24.8. The summed E-state index contributed by atoms with van der Waals surface area (Å²) < 4.78 is 37.8. The number of amides is 6. The van der Waals surface area contributed by atoms with Crippen LogP contribution in [0.4, 0.5) is 14.4 Å². The van der Waals surface area contributed by atoms with Crippen LogP contribution in [0.15, 0.2) is 198 Å². The Labute approximate surface area is 614 Å². The fraction of sp³-hybridized carbons (Fsp3) is 0.275. The minimum absolute atomic E-state index is 0.329. The Balaban J connectivity index is 0.000000179. The Hall–Kier alpha value is -12.7. The number of hydrogen-bond acceptors (Lipinski definition) is 16. The summed E-state index contributed by atoms with van der Waals surface area (Å²) in [7, 11) is 3.97. The minimum Gasteiger partial charge on any atom is -0.493 e. The van der Waals surface area contributed by atoms with Crippen LogP contribution in [0, 0.1) is 20.8 Å². The molecule has 106 heavy (non-hydrogen) atoms. The minimum atomic E-state index is -0.833. The van der Waals surface area contributed by atoms with E-state index in [1.165, 1.54) is 21.3 Å². The molecule has 12 rings (SSSR count). The first-order chi connectivity index (χ1) is 51.0. The molecule has 0 saturated heterocycles. The number of esters is 3. The number of carbonyl (C=O) groups is 7. The van der Waals surface area contributed by atoms with Crippen molar-refractivity contribution in [2.75, 3.05) is 41.2 Å². The third-order valence-corrected chi connectivity index (χ3v) is 17.0. The molecule has 7 N–H and O–H groups in total. The number of nitrogens with one attached hydrogen (secondary N) is 6. The van der Waals surface area contributed by atoms with Crippen LogP contribution in [0.2, 0.25) is 0 Å². The van der Waals surface area contributed by atoms with Crippen LogP contribution in [-0.2, 0) is 33.4 Å². The summed E-state index contributed by atoms with van der Waals surface area (Å²) in [6.07, 6.45) is 8.29. The van der Waals surface area contributed by atoms with Gasteiger partial charge in [-0.15, -0.1) is 0 Å². The summed E-state index contributed by atoms with van der Waals surface area (Å²) in [5.41, 5.74) is 14.3. The van der Waals surface area contributed by atoms with Gasteiger partial charge in [-0.3, -0.25) is 4.79 Å². The maximum atomic E-state index is 12.7. The van der Waals surface area contributed by atoms with Crippen molar-refractivity contribution in [3.05, 3.63) is 231 Å². The number of allylic oxidation sites excluding steroid dienone is 3.